The minimum atomic E-state index is -4.36. The number of carbonyl (C=O) groups is 1. The molecule has 0 spiro atoms. The summed E-state index contributed by atoms with van der Waals surface area (Å²) in [4.78, 5) is 12.1. The van der Waals surface area contributed by atoms with Gasteiger partial charge in [0.25, 0.3) is 0 Å². The van der Waals surface area contributed by atoms with Crippen molar-refractivity contribution in [1.82, 2.24) is 10.6 Å². The zero-order chi connectivity index (χ0) is 15.7. The van der Waals surface area contributed by atoms with Gasteiger partial charge in [-0.05, 0) is 24.5 Å². The van der Waals surface area contributed by atoms with Gasteiger partial charge in [-0.3, -0.25) is 4.79 Å². The zero-order valence-corrected chi connectivity index (χ0v) is 12.1. The number of carbonyl (C=O) groups excluding carboxylic acids is 1. The Morgan fingerprint density at radius 3 is 2.55 bits per heavy atom. The van der Waals surface area contributed by atoms with Crippen LogP contribution < -0.4 is 10.6 Å². The summed E-state index contributed by atoms with van der Waals surface area (Å²) < 4.78 is 39.6. The Kier molecular flexibility index (Phi) is 4.12. The van der Waals surface area contributed by atoms with E-state index in [0.29, 0.717) is 25.1 Å². The van der Waals surface area contributed by atoms with Gasteiger partial charge in [0.15, 0.2) is 0 Å². The van der Waals surface area contributed by atoms with Gasteiger partial charge in [-0.25, -0.2) is 0 Å². The second-order valence-electron chi connectivity index (χ2n) is 6.09. The zero-order valence-electron chi connectivity index (χ0n) is 12.1. The molecule has 2 unspecified atom stereocenters. The highest BCUT2D eigenvalue weighted by Crippen LogP contribution is 2.41. The van der Waals surface area contributed by atoms with Crippen LogP contribution in [0, 0.1) is 5.92 Å². The Balaban J connectivity index is 1.80. The van der Waals surface area contributed by atoms with Crippen LogP contribution in [0.5, 0.6) is 0 Å². The number of benzene rings is 1. The number of amides is 1. The van der Waals surface area contributed by atoms with Gasteiger partial charge in [0.1, 0.15) is 0 Å². The summed E-state index contributed by atoms with van der Waals surface area (Å²) in [6.07, 6.45) is -2.10. The molecule has 3 nitrogen and oxygen atoms in total. The van der Waals surface area contributed by atoms with Gasteiger partial charge in [-0.2, -0.15) is 13.2 Å². The maximum absolute atomic E-state index is 13.2. The third-order valence-corrected chi connectivity index (χ3v) is 4.66. The molecule has 1 aromatic carbocycles. The monoisotopic (exact) mass is 312 g/mol. The smallest absolute Gasteiger partial charge is 0.352 e. The highest BCUT2D eigenvalue weighted by molar-refractivity contribution is 5.80. The molecule has 1 saturated carbocycles. The van der Waals surface area contributed by atoms with Crippen molar-refractivity contribution in [1.29, 1.82) is 0 Å². The second kappa shape index (κ2) is 5.91. The topological polar surface area (TPSA) is 41.1 Å². The lowest BCUT2D eigenvalue weighted by atomic mass is 9.89. The molecule has 0 aromatic heterocycles. The molecule has 1 aliphatic carbocycles. The fourth-order valence-corrected chi connectivity index (χ4v) is 3.36. The van der Waals surface area contributed by atoms with Crippen LogP contribution in [-0.2, 0) is 11.0 Å². The molecular formula is C16H19F3N2O. The average molecular weight is 312 g/mol. The fourth-order valence-electron chi connectivity index (χ4n) is 3.36. The van der Waals surface area contributed by atoms with Gasteiger partial charge in [0.05, 0.1) is 11.5 Å². The molecule has 3 rings (SSSR count). The lowest BCUT2D eigenvalue weighted by Gasteiger charge is -2.30. The highest BCUT2D eigenvalue weighted by Gasteiger charge is 2.39. The first-order valence-corrected chi connectivity index (χ1v) is 7.64. The molecule has 1 amide bonds. The van der Waals surface area contributed by atoms with Crippen molar-refractivity contribution in [2.24, 2.45) is 5.92 Å². The van der Waals surface area contributed by atoms with E-state index in [1.807, 2.05) is 0 Å². The standard InChI is InChI=1S/C16H19F3N2O/c17-16(18,19)13-6-2-1-4-11(13)12-5-3-7-14(12)21-15(22)10-8-20-9-10/h1-2,4,6,10,12,14,20H,3,5,7-9H2,(H,21,22). The van der Waals surface area contributed by atoms with E-state index < -0.39 is 11.7 Å². The number of hydrogen-bond donors (Lipinski definition) is 2. The van der Waals surface area contributed by atoms with E-state index in [1.165, 1.54) is 6.07 Å². The molecule has 1 saturated heterocycles. The Bertz CT molecular complexity index is 555. The highest BCUT2D eigenvalue weighted by atomic mass is 19.4. The summed E-state index contributed by atoms with van der Waals surface area (Å²) in [5.41, 5.74) is -0.268. The van der Waals surface area contributed by atoms with E-state index in [0.717, 1.165) is 18.9 Å². The summed E-state index contributed by atoms with van der Waals surface area (Å²) >= 11 is 0. The molecular weight excluding hydrogens is 293 g/mol. The predicted octanol–water partition coefficient (Wildman–Crippen LogP) is 2.68. The molecule has 0 radical (unpaired) electrons. The Hall–Kier alpha value is -1.56. The van der Waals surface area contributed by atoms with Crippen LogP contribution in [0.4, 0.5) is 13.2 Å². The molecule has 2 aliphatic rings. The quantitative estimate of drug-likeness (QED) is 0.901. The van der Waals surface area contributed by atoms with Crippen molar-refractivity contribution in [2.75, 3.05) is 13.1 Å². The predicted molar refractivity (Wildman–Crippen MR) is 76.3 cm³/mol. The van der Waals surface area contributed by atoms with Crippen molar-refractivity contribution in [3.8, 4) is 0 Å². The van der Waals surface area contributed by atoms with Crippen LogP contribution in [0.15, 0.2) is 24.3 Å². The van der Waals surface area contributed by atoms with Crippen LogP contribution >= 0.6 is 0 Å². The summed E-state index contributed by atoms with van der Waals surface area (Å²) in [5, 5.41) is 5.99. The van der Waals surface area contributed by atoms with Gasteiger partial charge in [0, 0.05) is 25.0 Å². The third-order valence-electron chi connectivity index (χ3n) is 4.66. The minimum Gasteiger partial charge on any atom is -0.352 e. The van der Waals surface area contributed by atoms with E-state index >= 15 is 0 Å². The number of alkyl halides is 3. The summed E-state index contributed by atoms with van der Waals surface area (Å²) in [6.45, 7) is 1.31. The first-order chi connectivity index (χ1) is 10.5. The molecule has 2 fully saturated rings. The summed E-state index contributed by atoms with van der Waals surface area (Å²) in [7, 11) is 0. The van der Waals surface area contributed by atoms with Crippen LogP contribution in [0.2, 0.25) is 0 Å². The first kappa shape index (κ1) is 15.3. The van der Waals surface area contributed by atoms with E-state index in [-0.39, 0.29) is 23.8 Å². The molecule has 0 bridgehead atoms. The Labute approximate surface area is 127 Å². The van der Waals surface area contributed by atoms with Gasteiger partial charge in [0.2, 0.25) is 5.91 Å². The first-order valence-electron chi connectivity index (χ1n) is 7.64. The van der Waals surface area contributed by atoms with Crippen molar-refractivity contribution in [3.63, 3.8) is 0 Å². The van der Waals surface area contributed by atoms with Gasteiger partial charge < -0.3 is 10.6 Å². The number of rotatable bonds is 3. The number of halogens is 3. The lowest BCUT2D eigenvalue weighted by molar-refractivity contribution is -0.138. The van der Waals surface area contributed by atoms with Crippen molar-refractivity contribution < 1.29 is 18.0 Å². The van der Waals surface area contributed by atoms with E-state index in [9.17, 15) is 18.0 Å². The third kappa shape index (κ3) is 2.97. The molecule has 2 N–H and O–H groups in total. The van der Waals surface area contributed by atoms with Crippen molar-refractivity contribution in [2.45, 2.75) is 37.4 Å². The van der Waals surface area contributed by atoms with E-state index in [1.54, 1.807) is 12.1 Å². The van der Waals surface area contributed by atoms with E-state index in [4.69, 9.17) is 0 Å². The lowest BCUT2D eigenvalue weighted by Crippen LogP contribution is -2.53. The maximum Gasteiger partial charge on any atom is 0.416 e. The molecule has 120 valence electrons. The Morgan fingerprint density at radius 2 is 1.91 bits per heavy atom. The summed E-state index contributed by atoms with van der Waals surface area (Å²) in [6, 6.07) is 5.52. The molecule has 6 heteroatoms. The van der Waals surface area contributed by atoms with Gasteiger partial charge in [-0.1, -0.05) is 24.6 Å². The van der Waals surface area contributed by atoms with Crippen molar-refractivity contribution in [3.05, 3.63) is 35.4 Å². The average Bonchev–Trinajstić information content (AvgIpc) is 2.83. The van der Waals surface area contributed by atoms with Crippen LogP contribution in [0.1, 0.15) is 36.3 Å². The Morgan fingerprint density at radius 1 is 1.18 bits per heavy atom. The largest absolute Gasteiger partial charge is 0.416 e. The molecule has 22 heavy (non-hydrogen) atoms. The van der Waals surface area contributed by atoms with E-state index in [2.05, 4.69) is 10.6 Å². The molecule has 2 atom stereocenters. The number of nitrogens with one attached hydrogen (secondary N) is 2. The van der Waals surface area contributed by atoms with Crippen LogP contribution in [-0.4, -0.2) is 25.0 Å². The SMILES string of the molecule is O=C(NC1CCCC1c1ccccc1C(F)(F)F)C1CNC1. The molecule has 1 aliphatic heterocycles. The molecule has 1 heterocycles. The van der Waals surface area contributed by atoms with Crippen molar-refractivity contribution >= 4 is 5.91 Å². The van der Waals surface area contributed by atoms with Gasteiger partial charge in [-0.15, -0.1) is 0 Å². The van der Waals surface area contributed by atoms with Crippen LogP contribution in [0.3, 0.4) is 0 Å². The second-order valence-corrected chi connectivity index (χ2v) is 6.09. The normalized spacial score (nSPS) is 25.8. The van der Waals surface area contributed by atoms with Crippen LogP contribution in [0.25, 0.3) is 0 Å². The van der Waals surface area contributed by atoms with Gasteiger partial charge >= 0.3 is 6.18 Å². The number of hydrogen-bond acceptors (Lipinski definition) is 2. The summed E-state index contributed by atoms with van der Waals surface area (Å²) in [5.74, 6) is -0.339. The minimum absolute atomic E-state index is 0.0415. The molecule has 1 aromatic rings. The maximum atomic E-state index is 13.2. The fraction of sp³-hybridized carbons (Fsp3) is 0.562.